The molecule has 4 heteroatoms. The Balaban J connectivity index is 2.33. The lowest BCUT2D eigenvalue weighted by Gasteiger charge is -2.24. The Morgan fingerprint density at radius 2 is 1.90 bits per heavy atom. The van der Waals surface area contributed by atoms with Crippen LogP contribution in [0.15, 0.2) is 46.9 Å². The van der Waals surface area contributed by atoms with Crippen molar-refractivity contribution in [1.82, 2.24) is 0 Å². The van der Waals surface area contributed by atoms with Crippen LogP contribution < -0.4 is 10.5 Å². The fourth-order valence-electron chi connectivity index (χ4n) is 2.10. The van der Waals surface area contributed by atoms with E-state index in [-0.39, 0.29) is 18.0 Å². The minimum Gasteiger partial charge on any atom is -0.484 e. The fraction of sp³-hybridized carbons (Fsp3) is 0.250. The van der Waals surface area contributed by atoms with E-state index in [2.05, 4.69) is 15.9 Å². The number of benzene rings is 2. The maximum atomic E-state index is 13.4. The van der Waals surface area contributed by atoms with Crippen molar-refractivity contribution in [2.75, 3.05) is 0 Å². The summed E-state index contributed by atoms with van der Waals surface area (Å²) >= 11 is 3.26. The highest BCUT2D eigenvalue weighted by Crippen LogP contribution is 2.29. The zero-order valence-corrected chi connectivity index (χ0v) is 13.0. The van der Waals surface area contributed by atoms with Crippen LogP contribution in [0, 0.1) is 12.7 Å². The molecular weight excluding hydrogens is 321 g/mol. The second-order valence-corrected chi connectivity index (χ2v) is 5.77. The maximum absolute atomic E-state index is 13.4. The first-order valence-corrected chi connectivity index (χ1v) is 7.20. The fourth-order valence-corrected chi connectivity index (χ4v) is 2.55. The monoisotopic (exact) mass is 337 g/mol. The predicted octanol–water partition coefficient (Wildman–Crippen LogP) is 4.36. The largest absolute Gasteiger partial charge is 0.484 e. The highest BCUT2D eigenvalue weighted by atomic mass is 79.9. The molecule has 0 aliphatic heterocycles. The Kier molecular flexibility index (Phi) is 4.78. The van der Waals surface area contributed by atoms with Gasteiger partial charge in [-0.3, -0.25) is 0 Å². The summed E-state index contributed by atoms with van der Waals surface area (Å²) in [4.78, 5) is 0. The molecule has 20 heavy (non-hydrogen) atoms. The van der Waals surface area contributed by atoms with Crippen molar-refractivity contribution in [3.63, 3.8) is 0 Å². The van der Waals surface area contributed by atoms with Crippen LogP contribution in [0.2, 0.25) is 0 Å². The Morgan fingerprint density at radius 3 is 2.50 bits per heavy atom. The molecule has 0 saturated heterocycles. The molecule has 0 bridgehead atoms. The third-order valence-electron chi connectivity index (χ3n) is 3.07. The van der Waals surface area contributed by atoms with Gasteiger partial charge in [0.25, 0.3) is 0 Å². The van der Waals surface area contributed by atoms with E-state index in [0.29, 0.717) is 10.2 Å². The van der Waals surface area contributed by atoms with E-state index in [1.807, 2.05) is 38.1 Å². The van der Waals surface area contributed by atoms with E-state index in [1.165, 1.54) is 12.1 Å². The number of ether oxygens (including phenoxy) is 1. The maximum Gasteiger partial charge on any atom is 0.139 e. The van der Waals surface area contributed by atoms with Crippen LogP contribution in [0.5, 0.6) is 5.75 Å². The minimum absolute atomic E-state index is 0.210. The van der Waals surface area contributed by atoms with Crippen LogP contribution in [-0.2, 0) is 0 Å². The SMILES string of the molecule is Cc1ccccc1C(Oc1cc(F)cc(Br)c1)C(C)N. The summed E-state index contributed by atoms with van der Waals surface area (Å²) in [5.41, 5.74) is 8.15. The summed E-state index contributed by atoms with van der Waals surface area (Å²) in [5, 5.41) is 0. The van der Waals surface area contributed by atoms with Crippen LogP contribution >= 0.6 is 15.9 Å². The summed E-state index contributed by atoms with van der Waals surface area (Å²) in [6.45, 7) is 3.89. The number of halogens is 2. The average molecular weight is 338 g/mol. The lowest BCUT2D eigenvalue weighted by atomic mass is 9.99. The van der Waals surface area contributed by atoms with Gasteiger partial charge in [0.1, 0.15) is 17.7 Å². The topological polar surface area (TPSA) is 35.2 Å². The van der Waals surface area contributed by atoms with E-state index in [0.717, 1.165) is 11.1 Å². The van der Waals surface area contributed by atoms with Gasteiger partial charge in [-0.25, -0.2) is 4.39 Å². The predicted molar refractivity (Wildman–Crippen MR) is 82.3 cm³/mol. The quantitative estimate of drug-likeness (QED) is 0.899. The smallest absolute Gasteiger partial charge is 0.139 e. The molecule has 0 spiro atoms. The lowest BCUT2D eigenvalue weighted by Crippen LogP contribution is -2.29. The van der Waals surface area contributed by atoms with Gasteiger partial charge < -0.3 is 10.5 Å². The number of rotatable bonds is 4. The molecular formula is C16H17BrFNO. The highest BCUT2D eigenvalue weighted by molar-refractivity contribution is 9.10. The molecule has 2 N–H and O–H groups in total. The first-order chi connectivity index (χ1) is 9.47. The van der Waals surface area contributed by atoms with Gasteiger partial charge in [0.2, 0.25) is 0 Å². The number of hydrogen-bond donors (Lipinski definition) is 1. The molecule has 2 atom stereocenters. The van der Waals surface area contributed by atoms with E-state index >= 15 is 0 Å². The van der Waals surface area contributed by atoms with E-state index < -0.39 is 0 Å². The van der Waals surface area contributed by atoms with Gasteiger partial charge in [-0.05, 0) is 37.1 Å². The van der Waals surface area contributed by atoms with Gasteiger partial charge >= 0.3 is 0 Å². The molecule has 0 aromatic heterocycles. The molecule has 0 fully saturated rings. The van der Waals surface area contributed by atoms with Gasteiger partial charge in [0.05, 0.1) is 0 Å². The zero-order valence-electron chi connectivity index (χ0n) is 11.4. The number of nitrogens with two attached hydrogens (primary N) is 1. The van der Waals surface area contributed by atoms with Crippen LogP contribution in [0.4, 0.5) is 4.39 Å². The second-order valence-electron chi connectivity index (χ2n) is 4.86. The third kappa shape index (κ3) is 3.58. The van der Waals surface area contributed by atoms with Crippen molar-refractivity contribution in [3.8, 4) is 5.75 Å². The summed E-state index contributed by atoms with van der Waals surface area (Å²) in [5.74, 6) is 0.116. The van der Waals surface area contributed by atoms with Crippen LogP contribution in [0.25, 0.3) is 0 Å². The summed E-state index contributed by atoms with van der Waals surface area (Å²) < 4.78 is 20.0. The molecule has 2 unspecified atom stereocenters. The summed E-state index contributed by atoms with van der Waals surface area (Å²) in [6, 6.07) is 12.2. The zero-order chi connectivity index (χ0) is 14.7. The van der Waals surface area contributed by atoms with Crippen LogP contribution in [0.1, 0.15) is 24.2 Å². The van der Waals surface area contributed by atoms with Crippen molar-refractivity contribution >= 4 is 15.9 Å². The van der Waals surface area contributed by atoms with Gasteiger partial charge in [0, 0.05) is 16.6 Å². The van der Waals surface area contributed by atoms with Gasteiger partial charge in [-0.1, -0.05) is 40.2 Å². The van der Waals surface area contributed by atoms with Gasteiger partial charge in [-0.2, -0.15) is 0 Å². The minimum atomic E-state index is -0.345. The number of hydrogen-bond acceptors (Lipinski definition) is 2. The Morgan fingerprint density at radius 1 is 1.20 bits per heavy atom. The molecule has 0 amide bonds. The molecule has 0 saturated carbocycles. The molecule has 0 radical (unpaired) electrons. The standard InChI is InChI=1S/C16H17BrFNO/c1-10-5-3-4-6-15(10)16(11(2)19)20-14-8-12(17)7-13(18)9-14/h3-9,11,16H,19H2,1-2H3. The molecule has 2 aromatic carbocycles. The van der Waals surface area contributed by atoms with Crippen molar-refractivity contribution in [3.05, 3.63) is 63.9 Å². The Labute approximate surface area is 126 Å². The van der Waals surface area contributed by atoms with Crippen molar-refractivity contribution in [2.24, 2.45) is 5.73 Å². The van der Waals surface area contributed by atoms with Crippen molar-refractivity contribution in [1.29, 1.82) is 0 Å². The molecule has 2 nitrogen and oxygen atoms in total. The molecule has 0 heterocycles. The first kappa shape index (κ1) is 15.0. The second kappa shape index (κ2) is 6.37. The Bertz CT molecular complexity index is 581. The van der Waals surface area contributed by atoms with Crippen molar-refractivity contribution in [2.45, 2.75) is 26.0 Å². The molecule has 106 valence electrons. The van der Waals surface area contributed by atoms with Gasteiger partial charge in [0.15, 0.2) is 0 Å². The van der Waals surface area contributed by atoms with Crippen LogP contribution in [-0.4, -0.2) is 6.04 Å². The normalized spacial score (nSPS) is 13.8. The van der Waals surface area contributed by atoms with Crippen molar-refractivity contribution < 1.29 is 9.13 Å². The molecule has 0 aliphatic carbocycles. The third-order valence-corrected chi connectivity index (χ3v) is 3.53. The van der Waals surface area contributed by atoms with E-state index in [4.69, 9.17) is 10.5 Å². The summed E-state index contributed by atoms with van der Waals surface area (Å²) in [7, 11) is 0. The van der Waals surface area contributed by atoms with Gasteiger partial charge in [-0.15, -0.1) is 0 Å². The first-order valence-electron chi connectivity index (χ1n) is 6.41. The molecule has 2 rings (SSSR count). The van der Waals surface area contributed by atoms with E-state index in [9.17, 15) is 4.39 Å². The lowest BCUT2D eigenvalue weighted by molar-refractivity contribution is 0.179. The molecule has 2 aromatic rings. The van der Waals surface area contributed by atoms with E-state index in [1.54, 1.807) is 6.07 Å². The number of aryl methyl sites for hydroxylation is 1. The average Bonchev–Trinajstić information content (AvgIpc) is 2.35. The van der Waals surface area contributed by atoms with Crippen LogP contribution in [0.3, 0.4) is 0 Å². The summed E-state index contributed by atoms with van der Waals surface area (Å²) in [6.07, 6.45) is -0.315. The molecule has 0 aliphatic rings. The Hall–Kier alpha value is -1.39. The highest BCUT2D eigenvalue weighted by Gasteiger charge is 2.20.